The third-order valence-electron chi connectivity index (χ3n) is 17.8. The Kier molecular flexibility index (Phi) is 22.2. The van der Waals surface area contributed by atoms with Gasteiger partial charge in [0.1, 0.15) is 35.4 Å². The van der Waals surface area contributed by atoms with Gasteiger partial charge in [-0.05, 0) is 217 Å². The maximum absolute atomic E-state index is 8.63. The molecule has 0 atom stereocenters. The Morgan fingerprint density at radius 2 is 0.520 bits per heavy atom. The molecule has 0 amide bonds. The predicted octanol–water partition coefficient (Wildman–Crippen LogP) is 20.5. The minimum atomic E-state index is 0.00187. The van der Waals surface area contributed by atoms with Crippen molar-refractivity contribution in [1.82, 2.24) is 39.9 Å². The van der Waals surface area contributed by atoms with Crippen LogP contribution in [-0.4, -0.2) is 39.9 Å². The molecule has 8 aromatic heterocycles. The lowest BCUT2D eigenvalue weighted by atomic mass is 10.1. The molecule has 4 aliphatic rings. The third kappa shape index (κ3) is 15.3. The third-order valence-corrected chi connectivity index (χ3v) is 17.8. The van der Waals surface area contributed by atoms with Crippen LogP contribution in [0.5, 0.6) is 0 Å². The molecule has 4 aliphatic heterocycles. The highest BCUT2D eigenvalue weighted by Crippen LogP contribution is 2.35. The zero-order valence-electron chi connectivity index (χ0n) is 57.6. The van der Waals surface area contributed by atoms with E-state index >= 15 is 0 Å². The number of nitriles is 4. The molecule has 0 aliphatic carbocycles. The summed E-state index contributed by atoms with van der Waals surface area (Å²) in [6.07, 6.45) is 25.5. The van der Waals surface area contributed by atoms with Crippen LogP contribution in [0.1, 0.15) is 200 Å². The number of furan rings is 2. The van der Waals surface area contributed by atoms with E-state index in [0.29, 0.717) is 10.4 Å². The van der Waals surface area contributed by atoms with Crippen LogP contribution >= 0.6 is 0 Å². The van der Waals surface area contributed by atoms with Gasteiger partial charge in [0.15, 0.2) is 22.3 Å². The molecule has 98 heavy (non-hydrogen) atoms. The summed E-state index contributed by atoms with van der Waals surface area (Å²) in [7, 11) is 0. The molecule has 20 bridgehead atoms. The van der Waals surface area contributed by atoms with E-state index in [0.717, 1.165) is 215 Å². The van der Waals surface area contributed by atoms with Crippen molar-refractivity contribution in [2.75, 3.05) is 0 Å². The smallest absolute Gasteiger partial charge is 0.151 e. The van der Waals surface area contributed by atoms with E-state index in [9.17, 15) is 0 Å². The number of aromatic nitrogens is 8. The average Bonchev–Trinajstić information content (AvgIpc) is 1.65. The Morgan fingerprint density at radius 3 is 0.724 bits per heavy atom. The van der Waals surface area contributed by atoms with Gasteiger partial charge in [-0.25, -0.2) is 19.9 Å². The van der Waals surface area contributed by atoms with Crippen LogP contribution in [0.25, 0.3) is 124 Å². The van der Waals surface area contributed by atoms with Gasteiger partial charge in [0, 0.05) is 32.5 Å². The zero-order valence-corrected chi connectivity index (χ0v) is 57.6. The fourth-order valence-electron chi connectivity index (χ4n) is 13.0. The van der Waals surface area contributed by atoms with Gasteiger partial charge in [-0.3, -0.25) is 0 Å². The standard InChI is InChI=1S/2C36H40N4O.C12H4N4/c2*1-5-9-23-19-31-32-20-24(10-6-2)28(38-32)14-16-30-26(12-8-4)22-34(40-30)36-18-17-35(41-36)33-21-25(11-7-3)29(39-33)15-13-27(23)37-31;13-5-11(6-14)9-1-2-10(4-3-9)12(7-15)8-16/h2*13-22,39-40H,5-12H2,1-4H3;1-4H. The van der Waals surface area contributed by atoms with Crippen molar-refractivity contribution in [2.45, 2.75) is 158 Å². The highest BCUT2D eigenvalue weighted by Gasteiger charge is 2.20. The fourth-order valence-corrected chi connectivity index (χ4v) is 13.0. The summed E-state index contributed by atoms with van der Waals surface area (Å²) in [6, 6.07) is 47.8. The second-order valence-electron chi connectivity index (χ2n) is 25.1. The number of benzene rings is 1. The predicted molar refractivity (Wildman–Crippen MR) is 401 cm³/mol. The van der Waals surface area contributed by atoms with Crippen LogP contribution in [-0.2, 0) is 25.7 Å². The van der Waals surface area contributed by atoms with Crippen molar-refractivity contribution in [3.63, 3.8) is 0 Å². The number of H-pyrrole nitrogens is 4. The topological polar surface area (TPSA) is 236 Å². The molecule has 14 heteroatoms. The highest BCUT2D eigenvalue weighted by atomic mass is 16.3. The Morgan fingerprint density at radius 1 is 0.296 bits per heavy atom. The second-order valence-corrected chi connectivity index (χ2v) is 25.1. The number of nitrogens with one attached hydrogen (secondary N) is 4. The van der Waals surface area contributed by atoms with E-state index in [1.54, 1.807) is 24.3 Å². The highest BCUT2D eigenvalue weighted by molar-refractivity contribution is 5.93. The number of rotatable bonds is 16. The van der Waals surface area contributed by atoms with Gasteiger partial charge >= 0.3 is 0 Å². The monoisotopic (exact) mass is 1290 g/mol. The molecule has 9 aromatic rings. The van der Waals surface area contributed by atoms with Crippen LogP contribution in [0, 0.1) is 45.3 Å². The maximum atomic E-state index is 8.63. The molecule has 4 N–H and O–H groups in total. The number of aromatic amines is 4. The lowest BCUT2D eigenvalue weighted by Crippen LogP contribution is -2.11. The lowest BCUT2D eigenvalue weighted by molar-refractivity contribution is 0.671. The number of allylic oxidation sites excluding steroid dienone is 4. The Balaban J connectivity index is 0.000000163. The SMILES string of the molecule is CCCC1=Cc2nc1ccc1[nH]c(cc1CCC)c1ccc(o1)c1cc(CCC)c(ccc3nc2C=C3CCC)[nH]1.CCCC1=Cc2nc1ccc1[nH]c(cc1CCC)c1ccc(o1)c1cc(CCC)c(ccc3nc2C=C3CCC)[nH]1.N#CC(C#N)=c1ccc(=C(C#N)C#N)cc1. The quantitative estimate of drug-likeness (QED) is 0.0714. The molecule has 0 radical (unpaired) electrons. The van der Waals surface area contributed by atoms with Gasteiger partial charge in [0.2, 0.25) is 0 Å². The molecule has 0 spiro atoms. The number of nitrogens with zero attached hydrogens (tertiary/aromatic N) is 8. The first-order chi connectivity index (χ1) is 47.9. The second kappa shape index (κ2) is 31.9. The number of fused-ring (bicyclic) bond motifs is 26. The fraction of sp³-hybridized carbons (Fsp3) is 0.286. The van der Waals surface area contributed by atoms with Gasteiger partial charge in [-0.1, -0.05) is 131 Å². The van der Waals surface area contributed by atoms with Crippen molar-refractivity contribution in [3.05, 3.63) is 200 Å². The summed E-state index contributed by atoms with van der Waals surface area (Å²) in [5, 5.41) is 35.5. The molecule has 0 saturated carbocycles. The van der Waals surface area contributed by atoms with Crippen molar-refractivity contribution < 1.29 is 8.83 Å². The van der Waals surface area contributed by atoms with Gasteiger partial charge < -0.3 is 28.8 Å². The van der Waals surface area contributed by atoms with Crippen LogP contribution in [0.15, 0.2) is 130 Å². The molecule has 13 rings (SSSR count). The van der Waals surface area contributed by atoms with Crippen molar-refractivity contribution >= 4 is 124 Å². The Hall–Kier alpha value is -11.3. The summed E-state index contributed by atoms with van der Waals surface area (Å²) in [5.74, 6) is 0. The summed E-state index contributed by atoms with van der Waals surface area (Å²) in [4.78, 5) is 35.0. The summed E-state index contributed by atoms with van der Waals surface area (Å²) in [6.45, 7) is 17.8. The van der Waals surface area contributed by atoms with Gasteiger partial charge in [-0.15, -0.1) is 0 Å². The molecule has 12 heterocycles. The minimum absolute atomic E-state index is 0.00187. The first kappa shape index (κ1) is 68.1. The molecule has 492 valence electrons. The van der Waals surface area contributed by atoms with Crippen molar-refractivity contribution in [2.24, 2.45) is 0 Å². The molecular weight excluding hydrogens is 1210 g/mol. The molecular formula is C84H84N12O2. The van der Waals surface area contributed by atoms with E-state index in [-0.39, 0.29) is 11.1 Å². The Labute approximate surface area is 572 Å². The maximum Gasteiger partial charge on any atom is 0.151 e. The normalized spacial score (nSPS) is 12.1. The number of hydrogen-bond acceptors (Lipinski definition) is 10. The van der Waals surface area contributed by atoms with Gasteiger partial charge in [0.05, 0.1) is 67.6 Å². The van der Waals surface area contributed by atoms with E-state index < -0.39 is 0 Å². The number of hydrogen-bond donors (Lipinski definition) is 4. The summed E-state index contributed by atoms with van der Waals surface area (Å²) >= 11 is 0. The molecule has 14 nitrogen and oxygen atoms in total. The van der Waals surface area contributed by atoms with E-state index in [1.165, 1.54) is 68.8 Å². The largest absolute Gasteiger partial charge is 0.453 e. The van der Waals surface area contributed by atoms with Crippen LogP contribution < -0.4 is 10.4 Å². The molecule has 0 unspecified atom stereocenters. The van der Waals surface area contributed by atoms with Crippen LogP contribution in [0.2, 0.25) is 0 Å². The molecule has 0 fully saturated rings. The van der Waals surface area contributed by atoms with Crippen LogP contribution in [0.4, 0.5) is 0 Å². The van der Waals surface area contributed by atoms with Crippen molar-refractivity contribution in [1.29, 1.82) is 21.0 Å². The zero-order chi connectivity index (χ0) is 68.7. The molecule has 0 saturated heterocycles. The van der Waals surface area contributed by atoms with Crippen molar-refractivity contribution in [3.8, 4) is 24.3 Å². The first-order valence-corrected chi connectivity index (χ1v) is 34.9. The molecule has 1 aromatic carbocycles. The van der Waals surface area contributed by atoms with Crippen LogP contribution in [0.3, 0.4) is 0 Å². The lowest BCUT2D eigenvalue weighted by Gasteiger charge is -1.97. The van der Waals surface area contributed by atoms with E-state index in [1.807, 2.05) is 0 Å². The van der Waals surface area contributed by atoms with E-state index in [4.69, 9.17) is 49.8 Å². The number of aryl methyl sites for hydroxylation is 4. The van der Waals surface area contributed by atoms with Gasteiger partial charge in [0.25, 0.3) is 0 Å². The van der Waals surface area contributed by atoms with Gasteiger partial charge in [-0.2, -0.15) is 21.0 Å². The Bertz CT molecular complexity index is 4750. The van der Waals surface area contributed by atoms with E-state index in [2.05, 4.69) is 197 Å². The summed E-state index contributed by atoms with van der Waals surface area (Å²) in [5.41, 5.74) is 30.0. The average molecular weight is 1290 g/mol. The first-order valence-electron chi connectivity index (χ1n) is 34.9. The minimum Gasteiger partial charge on any atom is -0.453 e. The summed E-state index contributed by atoms with van der Waals surface area (Å²) < 4.78 is 12.8.